The highest BCUT2D eigenvalue weighted by molar-refractivity contribution is 5.81. The maximum atomic E-state index is 4.46. The molecular weight excluding hydrogens is 420 g/mol. The van der Waals surface area contributed by atoms with E-state index in [9.17, 15) is 0 Å². The van der Waals surface area contributed by atoms with Gasteiger partial charge in [-0.3, -0.25) is 19.4 Å². The van der Waals surface area contributed by atoms with Crippen LogP contribution in [0.5, 0.6) is 0 Å². The van der Waals surface area contributed by atoms with E-state index in [1.807, 2.05) is 23.0 Å². The van der Waals surface area contributed by atoms with Crippen LogP contribution in [0, 0.1) is 0 Å². The second-order valence-corrected chi connectivity index (χ2v) is 8.64. The zero-order chi connectivity index (χ0) is 23.0. The molecular formula is C28H30N6. The third kappa shape index (κ3) is 5.34. The van der Waals surface area contributed by atoms with Gasteiger partial charge in [0.05, 0.1) is 11.9 Å². The lowest BCUT2D eigenvalue weighted by Crippen LogP contribution is -2.10. The fourth-order valence-corrected chi connectivity index (χ4v) is 4.28. The van der Waals surface area contributed by atoms with Crippen LogP contribution in [0.2, 0.25) is 0 Å². The molecule has 172 valence electrons. The summed E-state index contributed by atoms with van der Waals surface area (Å²) >= 11 is 0. The van der Waals surface area contributed by atoms with Crippen LogP contribution in [-0.2, 0) is 13.1 Å². The number of aromatic amines is 1. The van der Waals surface area contributed by atoms with Gasteiger partial charge in [-0.1, -0.05) is 79.1 Å². The lowest BCUT2D eigenvalue weighted by atomic mass is 9.98. The van der Waals surface area contributed by atoms with Crippen LogP contribution in [0.1, 0.15) is 32.1 Å². The first kappa shape index (κ1) is 21.9. The van der Waals surface area contributed by atoms with Gasteiger partial charge in [0.15, 0.2) is 0 Å². The van der Waals surface area contributed by atoms with E-state index in [0.717, 1.165) is 42.0 Å². The average molecular weight is 451 g/mol. The molecule has 0 saturated heterocycles. The predicted molar refractivity (Wildman–Crippen MR) is 136 cm³/mol. The van der Waals surface area contributed by atoms with Gasteiger partial charge in [-0.25, -0.2) is 0 Å². The second-order valence-electron chi connectivity index (χ2n) is 8.64. The minimum absolute atomic E-state index is 0.908. The summed E-state index contributed by atoms with van der Waals surface area (Å²) in [6.07, 6.45) is 13.9. The molecule has 0 radical (unpaired) electrons. The second kappa shape index (κ2) is 10.8. The number of hydrogen-bond acceptors (Lipinski definition) is 3. The highest BCUT2D eigenvalue weighted by Crippen LogP contribution is 2.30. The summed E-state index contributed by atoms with van der Waals surface area (Å²) in [5.41, 5.74) is 6.73. The van der Waals surface area contributed by atoms with E-state index in [4.69, 9.17) is 0 Å². The number of benzene rings is 2. The molecule has 0 amide bonds. The number of hydrogen-bond donors (Lipinski definition) is 1. The molecule has 0 aliphatic heterocycles. The number of nitrogens with one attached hydrogen (secondary N) is 1. The van der Waals surface area contributed by atoms with Crippen molar-refractivity contribution in [2.75, 3.05) is 0 Å². The minimum Gasteiger partial charge on any atom is -0.297 e. The molecule has 0 aliphatic rings. The van der Waals surface area contributed by atoms with Gasteiger partial charge in [-0.2, -0.15) is 0 Å². The van der Waals surface area contributed by atoms with E-state index in [1.165, 1.54) is 36.8 Å². The van der Waals surface area contributed by atoms with Crippen LogP contribution in [0.25, 0.3) is 33.6 Å². The Labute approximate surface area is 200 Å². The summed E-state index contributed by atoms with van der Waals surface area (Å²) in [6.45, 7) is 1.95. The maximum absolute atomic E-state index is 4.46. The monoisotopic (exact) mass is 450 g/mol. The Kier molecular flexibility index (Phi) is 6.95. The highest BCUT2D eigenvalue weighted by atomic mass is 15.4. The lowest BCUT2D eigenvalue weighted by molar-refractivity contribution is 0.486. The van der Waals surface area contributed by atoms with Crippen LogP contribution < -0.4 is 0 Å². The molecule has 0 unspecified atom stereocenters. The van der Waals surface area contributed by atoms with Crippen molar-refractivity contribution in [2.24, 2.45) is 0 Å². The summed E-state index contributed by atoms with van der Waals surface area (Å²) in [6, 6.07) is 22.9. The van der Waals surface area contributed by atoms with Crippen LogP contribution in [0.3, 0.4) is 0 Å². The maximum Gasteiger partial charge on any atom is 0.113 e. The first-order valence-electron chi connectivity index (χ1n) is 12.1. The number of pyridine rings is 1. The van der Waals surface area contributed by atoms with Crippen molar-refractivity contribution in [3.63, 3.8) is 0 Å². The number of aromatic nitrogens is 6. The smallest absolute Gasteiger partial charge is 0.113 e. The molecule has 0 aliphatic carbocycles. The van der Waals surface area contributed by atoms with Crippen molar-refractivity contribution >= 4 is 0 Å². The van der Waals surface area contributed by atoms with Crippen LogP contribution >= 0.6 is 0 Å². The number of rotatable bonds is 11. The Hall–Kier alpha value is -3.93. The Balaban J connectivity index is 1.04. The van der Waals surface area contributed by atoms with Crippen molar-refractivity contribution in [3.8, 4) is 33.6 Å². The molecule has 0 saturated carbocycles. The standard InChI is InChI=1S/C28H30N6/c1(2-9-18-33-21-27(31-33)24-14-11-17-29-20-24)3-10-19-34-22-28(30-32-34)26-16-8-7-15-25(26)23-12-5-4-6-13-23/h4-8,11-17,20-22,31H,1-3,9-10,18-19H2. The Bertz CT molecular complexity index is 1270. The number of unbranched alkanes of at least 4 members (excludes halogenated alkanes) is 4. The molecule has 0 bridgehead atoms. The zero-order valence-electron chi connectivity index (χ0n) is 19.3. The molecule has 5 aromatic rings. The summed E-state index contributed by atoms with van der Waals surface area (Å²) in [5.74, 6) is 0. The third-order valence-corrected chi connectivity index (χ3v) is 6.13. The molecule has 2 aromatic carbocycles. The Morgan fingerprint density at radius 2 is 1.38 bits per heavy atom. The van der Waals surface area contributed by atoms with Gasteiger partial charge < -0.3 is 0 Å². The quantitative estimate of drug-likeness (QED) is 0.235. The van der Waals surface area contributed by atoms with Gasteiger partial charge in [0.2, 0.25) is 0 Å². The normalized spacial score (nSPS) is 11.2. The van der Waals surface area contributed by atoms with Crippen molar-refractivity contribution in [1.29, 1.82) is 0 Å². The zero-order valence-corrected chi connectivity index (χ0v) is 19.3. The van der Waals surface area contributed by atoms with E-state index in [-0.39, 0.29) is 0 Å². The van der Waals surface area contributed by atoms with Crippen LogP contribution in [-0.4, -0.2) is 29.8 Å². The fraction of sp³-hybridized carbons (Fsp3) is 0.250. The predicted octanol–water partition coefficient (Wildman–Crippen LogP) is 6.45. The fourth-order valence-electron chi connectivity index (χ4n) is 4.28. The van der Waals surface area contributed by atoms with Crippen molar-refractivity contribution in [1.82, 2.24) is 29.8 Å². The topological polar surface area (TPSA) is 64.3 Å². The van der Waals surface area contributed by atoms with Gasteiger partial charge in [-0.15, -0.1) is 5.10 Å². The Morgan fingerprint density at radius 3 is 2.18 bits per heavy atom. The molecule has 1 N–H and O–H groups in total. The third-order valence-electron chi connectivity index (χ3n) is 6.13. The molecule has 3 aromatic heterocycles. The van der Waals surface area contributed by atoms with Crippen molar-refractivity contribution in [3.05, 3.63) is 91.5 Å². The number of H-pyrrole nitrogens is 1. The number of nitrogens with zero attached hydrogens (tertiary/aromatic N) is 5. The van der Waals surface area contributed by atoms with Crippen LogP contribution in [0.4, 0.5) is 0 Å². The molecule has 0 atom stereocenters. The van der Waals surface area contributed by atoms with Gasteiger partial charge in [-0.05, 0) is 36.1 Å². The molecule has 0 spiro atoms. The molecule has 3 heterocycles. The number of aryl methyl sites for hydroxylation is 2. The van der Waals surface area contributed by atoms with Crippen molar-refractivity contribution in [2.45, 2.75) is 45.2 Å². The highest BCUT2D eigenvalue weighted by Gasteiger charge is 2.10. The SMILES string of the molecule is c1ccc(-c2ccccc2-c2cn(CCCCCCCn3cc(-c4cccnc4)[nH]3)nn2)cc1. The van der Waals surface area contributed by atoms with Gasteiger partial charge in [0, 0.05) is 42.8 Å². The van der Waals surface area contributed by atoms with Gasteiger partial charge in [0.1, 0.15) is 5.69 Å². The first-order valence-corrected chi connectivity index (χ1v) is 12.1. The summed E-state index contributed by atoms with van der Waals surface area (Å²) in [4.78, 5) is 4.16. The molecule has 5 rings (SSSR count). The van der Waals surface area contributed by atoms with E-state index in [2.05, 4.69) is 92.1 Å². The molecule has 0 fully saturated rings. The molecule has 6 nitrogen and oxygen atoms in total. The van der Waals surface area contributed by atoms with Crippen molar-refractivity contribution < 1.29 is 0 Å². The van der Waals surface area contributed by atoms with E-state index in [0.29, 0.717) is 0 Å². The summed E-state index contributed by atoms with van der Waals surface area (Å²) in [7, 11) is 0. The van der Waals surface area contributed by atoms with Gasteiger partial charge >= 0.3 is 0 Å². The summed E-state index contributed by atoms with van der Waals surface area (Å²) in [5, 5.41) is 12.2. The van der Waals surface area contributed by atoms with E-state index < -0.39 is 0 Å². The molecule has 6 heteroatoms. The minimum atomic E-state index is 0.908. The van der Waals surface area contributed by atoms with Gasteiger partial charge in [0.25, 0.3) is 0 Å². The molecule has 34 heavy (non-hydrogen) atoms. The first-order chi connectivity index (χ1) is 16.9. The van der Waals surface area contributed by atoms with Crippen LogP contribution in [0.15, 0.2) is 91.5 Å². The van der Waals surface area contributed by atoms with E-state index in [1.54, 1.807) is 6.20 Å². The summed E-state index contributed by atoms with van der Waals surface area (Å²) < 4.78 is 4.14. The average Bonchev–Trinajstić information content (AvgIpc) is 3.34. The largest absolute Gasteiger partial charge is 0.297 e. The van der Waals surface area contributed by atoms with E-state index >= 15 is 0 Å². The lowest BCUT2D eigenvalue weighted by Gasteiger charge is -2.15. The Morgan fingerprint density at radius 1 is 0.676 bits per heavy atom.